The molecule has 2 rings (SSSR count). The van der Waals surface area contributed by atoms with Crippen LogP contribution in [0.1, 0.15) is 38.8 Å². The summed E-state index contributed by atoms with van der Waals surface area (Å²) >= 11 is 0. The molecule has 0 aliphatic carbocycles. The zero-order chi connectivity index (χ0) is 15.2. The molecule has 1 aliphatic rings. The minimum absolute atomic E-state index is 0.105. The molecule has 0 saturated carbocycles. The topological polar surface area (TPSA) is 67.3 Å². The van der Waals surface area contributed by atoms with Gasteiger partial charge in [-0.25, -0.2) is 4.98 Å². The SMILES string of the molecule is CCCOc1cc(C)nc(NC(C)C(=O)N2CCCC2)n1. The number of amides is 1. The molecule has 0 aromatic carbocycles. The number of hydrogen-bond acceptors (Lipinski definition) is 5. The van der Waals surface area contributed by atoms with Crippen LogP contribution in [0.2, 0.25) is 0 Å². The van der Waals surface area contributed by atoms with Gasteiger partial charge < -0.3 is 15.0 Å². The lowest BCUT2D eigenvalue weighted by Gasteiger charge is -2.21. The largest absolute Gasteiger partial charge is 0.478 e. The summed E-state index contributed by atoms with van der Waals surface area (Å²) in [6, 6.07) is 1.47. The molecule has 6 heteroatoms. The lowest BCUT2D eigenvalue weighted by molar-refractivity contribution is -0.130. The molecule has 1 aromatic heterocycles. The molecule has 1 atom stereocenters. The van der Waals surface area contributed by atoms with E-state index >= 15 is 0 Å². The quantitative estimate of drug-likeness (QED) is 0.868. The fourth-order valence-corrected chi connectivity index (χ4v) is 2.35. The summed E-state index contributed by atoms with van der Waals surface area (Å²) in [5.74, 6) is 1.10. The fourth-order valence-electron chi connectivity index (χ4n) is 2.35. The monoisotopic (exact) mass is 292 g/mol. The van der Waals surface area contributed by atoms with Crippen molar-refractivity contribution in [2.75, 3.05) is 25.0 Å². The van der Waals surface area contributed by atoms with Crippen molar-refractivity contribution in [3.63, 3.8) is 0 Å². The van der Waals surface area contributed by atoms with Gasteiger partial charge in [-0.05, 0) is 33.1 Å². The summed E-state index contributed by atoms with van der Waals surface area (Å²) in [4.78, 5) is 22.8. The molecular formula is C15H24N4O2. The third-order valence-electron chi connectivity index (χ3n) is 3.42. The standard InChI is InChI=1S/C15H24N4O2/c1-4-9-21-13-10-11(2)16-15(18-13)17-12(3)14(20)19-7-5-6-8-19/h10,12H,4-9H2,1-3H3,(H,16,17,18). The molecule has 6 nitrogen and oxygen atoms in total. The van der Waals surface area contributed by atoms with E-state index in [2.05, 4.69) is 15.3 Å². The van der Waals surface area contributed by atoms with Crippen molar-refractivity contribution < 1.29 is 9.53 Å². The molecule has 1 aliphatic heterocycles. The molecule has 1 unspecified atom stereocenters. The third-order valence-corrected chi connectivity index (χ3v) is 3.42. The van der Waals surface area contributed by atoms with E-state index in [0.29, 0.717) is 18.4 Å². The Balaban J connectivity index is 2.00. The van der Waals surface area contributed by atoms with Crippen molar-refractivity contribution in [1.29, 1.82) is 0 Å². The second-order valence-electron chi connectivity index (χ2n) is 5.42. The Morgan fingerprint density at radius 2 is 2.14 bits per heavy atom. The molecule has 1 fully saturated rings. The Bertz CT molecular complexity index is 487. The van der Waals surface area contributed by atoms with Crippen LogP contribution in [0.5, 0.6) is 5.88 Å². The number of aryl methyl sites for hydroxylation is 1. The summed E-state index contributed by atoms with van der Waals surface area (Å²) in [5.41, 5.74) is 0.819. The second kappa shape index (κ2) is 7.24. The van der Waals surface area contributed by atoms with Gasteiger partial charge in [0.15, 0.2) is 0 Å². The number of nitrogens with one attached hydrogen (secondary N) is 1. The van der Waals surface area contributed by atoms with Crippen LogP contribution in [0.15, 0.2) is 6.07 Å². The first-order valence-corrected chi connectivity index (χ1v) is 7.64. The van der Waals surface area contributed by atoms with Gasteiger partial charge in [-0.2, -0.15) is 4.98 Å². The van der Waals surface area contributed by atoms with Crippen molar-refractivity contribution in [2.45, 2.75) is 46.1 Å². The van der Waals surface area contributed by atoms with Crippen molar-refractivity contribution in [3.8, 4) is 5.88 Å². The van der Waals surface area contributed by atoms with Crippen molar-refractivity contribution in [1.82, 2.24) is 14.9 Å². The first kappa shape index (κ1) is 15.5. The Labute approximate surface area is 125 Å². The second-order valence-corrected chi connectivity index (χ2v) is 5.42. The van der Waals surface area contributed by atoms with Gasteiger partial charge in [0, 0.05) is 24.8 Å². The highest BCUT2D eigenvalue weighted by Gasteiger charge is 2.23. The summed E-state index contributed by atoms with van der Waals surface area (Å²) in [5, 5.41) is 3.08. The number of aromatic nitrogens is 2. The van der Waals surface area contributed by atoms with Crippen LogP contribution < -0.4 is 10.1 Å². The van der Waals surface area contributed by atoms with Gasteiger partial charge in [0.05, 0.1) is 6.61 Å². The van der Waals surface area contributed by atoms with E-state index in [1.807, 2.05) is 25.7 Å². The van der Waals surface area contributed by atoms with Crippen LogP contribution in [0.3, 0.4) is 0 Å². The zero-order valence-corrected chi connectivity index (χ0v) is 13.1. The number of hydrogen-bond donors (Lipinski definition) is 1. The van der Waals surface area contributed by atoms with Gasteiger partial charge in [0.1, 0.15) is 6.04 Å². The van der Waals surface area contributed by atoms with Crippen LogP contribution in [0.4, 0.5) is 5.95 Å². The number of nitrogens with zero attached hydrogens (tertiary/aromatic N) is 3. The van der Waals surface area contributed by atoms with E-state index < -0.39 is 0 Å². The van der Waals surface area contributed by atoms with E-state index in [1.54, 1.807) is 6.07 Å². The number of carbonyl (C=O) groups excluding carboxylic acids is 1. The van der Waals surface area contributed by atoms with Gasteiger partial charge in [-0.15, -0.1) is 0 Å². The summed E-state index contributed by atoms with van der Waals surface area (Å²) < 4.78 is 5.53. The van der Waals surface area contributed by atoms with Crippen molar-refractivity contribution >= 4 is 11.9 Å². The maximum Gasteiger partial charge on any atom is 0.244 e. The van der Waals surface area contributed by atoms with Crippen LogP contribution in [0.25, 0.3) is 0 Å². The lowest BCUT2D eigenvalue weighted by atomic mass is 10.3. The zero-order valence-electron chi connectivity index (χ0n) is 13.1. The number of rotatable bonds is 6. The predicted molar refractivity (Wildman–Crippen MR) is 81.5 cm³/mol. The van der Waals surface area contributed by atoms with Crippen molar-refractivity contribution in [2.24, 2.45) is 0 Å². The van der Waals surface area contributed by atoms with Gasteiger partial charge in [-0.3, -0.25) is 4.79 Å². The van der Waals surface area contributed by atoms with E-state index in [4.69, 9.17) is 4.74 Å². The van der Waals surface area contributed by atoms with Gasteiger partial charge in [0.25, 0.3) is 0 Å². The molecule has 1 N–H and O–H groups in total. The molecule has 21 heavy (non-hydrogen) atoms. The average molecular weight is 292 g/mol. The molecule has 1 amide bonds. The Morgan fingerprint density at radius 3 is 2.81 bits per heavy atom. The minimum atomic E-state index is -0.330. The number of likely N-dealkylation sites (tertiary alicyclic amines) is 1. The molecule has 1 saturated heterocycles. The highest BCUT2D eigenvalue weighted by Crippen LogP contribution is 2.15. The summed E-state index contributed by atoms with van der Waals surface area (Å²) in [7, 11) is 0. The Hall–Kier alpha value is -1.85. The normalized spacial score (nSPS) is 15.9. The summed E-state index contributed by atoms with van der Waals surface area (Å²) in [6.07, 6.45) is 3.11. The van der Waals surface area contributed by atoms with E-state index in [-0.39, 0.29) is 11.9 Å². The molecule has 0 radical (unpaired) electrons. The number of carbonyl (C=O) groups is 1. The summed E-state index contributed by atoms with van der Waals surface area (Å²) in [6.45, 7) is 8.11. The van der Waals surface area contributed by atoms with E-state index in [1.165, 1.54) is 0 Å². The molecule has 0 spiro atoms. The first-order valence-electron chi connectivity index (χ1n) is 7.64. The van der Waals surface area contributed by atoms with Crippen LogP contribution in [0, 0.1) is 6.92 Å². The smallest absolute Gasteiger partial charge is 0.244 e. The maximum absolute atomic E-state index is 12.3. The lowest BCUT2D eigenvalue weighted by Crippen LogP contribution is -2.40. The van der Waals surface area contributed by atoms with E-state index in [9.17, 15) is 4.79 Å². The number of anilines is 1. The molecule has 0 bridgehead atoms. The Morgan fingerprint density at radius 1 is 1.43 bits per heavy atom. The first-order chi connectivity index (χ1) is 10.1. The van der Waals surface area contributed by atoms with Crippen LogP contribution in [-0.2, 0) is 4.79 Å². The van der Waals surface area contributed by atoms with Gasteiger partial charge >= 0.3 is 0 Å². The molecule has 116 valence electrons. The Kier molecular flexibility index (Phi) is 5.36. The van der Waals surface area contributed by atoms with E-state index in [0.717, 1.165) is 38.0 Å². The third kappa shape index (κ3) is 4.31. The maximum atomic E-state index is 12.3. The van der Waals surface area contributed by atoms with Gasteiger partial charge in [-0.1, -0.05) is 6.92 Å². The van der Waals surface area contributed by atoms with Gasteiger partial charge in [0.2, 0.25) is 17.7 Å². The highest BCUT2D eigenvalue weighted by atomic mass is 16.5. The predicted octanol–water partition coefficient (Wildman–Crippen LogP) is 2.00. The van der Waals surface area contributed by atoms with Crippen molar-refractivity contribution in [3.05, 3.63) is 11.8 Å². The highest BCUT2D eigenvalue weighted by molar-refractivity contribution is 5.84. The molecule has 1 aromatic rings. The number of ether oxygens (including phenoxy) is 1. The fraction of sp³-hybridized carbons (Fsp3) is 0.667. The molecule has 2 heterocycles. The molecular weight excluding hydrogens is 268 g/mol. The van der Waals surface area contributed by atoms with Crippen LogP contribution in [-0.4, -0.2) is 46.5 Å². The van der Waals surface area contributed by atoms with Crippen LogP contribution >= 0.6 is 0 Å². The average Bonchev–Trinajstić information content (AvgIpc) is 2.97. The minimum Gasteiger partial charge on any atom is -0.478 e.